The number of aromatic nitrogens is 1. The molecule has 1 rings (SSSR count). The second-order valence-corrected chi connectivity index (χ2v) is 4.19. The summed E-state index contributed by atoms with van der Waals surface area (Å²) in [5, 5.41) is 18.6. The summed E-state index contributed by atoms with van der Waals surface area (Å²) >= 11 is 0. The van der Waals surface area contributed by atoms with E-state index in [1.165, 1.54) is 0 Å². The minimum Gasteiger partial charge on any atom is -0.395 e. The van der Waals surface area contributed by atoms with Gasteiger partial charge in [0.2, 0.25) is 0 Å². The first-order valence-corrected chi connectivity index (χ1v) is 6.18. The van der Waals surface area contributed by atoms with Crippen molar-refractivity contribution in [1.29, 1.82) is 0 Å². The van der Waals surface area contributed by atoms with Crippen LogP contribution in [-0.4, -0.2) is 34.9 Å². The van der Waals surface area contributed by atoms with Gasteiger partial charge in [-0.2, -0.15) is 0 Å². The van der Waals surface area contributed by atoms with Crippen LogP contribution in [0.2, 0.25) is 0 Å². The fourth-order valence-corrected chi connectivity index (χ4v) is 1.68. The van der Waals surface area contributed by atoms with Crippen LogP contribution in [-0.2, 0) is 0 Å². The lowest BCUT2D eigenvalue weighted by atomic mass is 10.1. The summed E-state index contributed by atoms with van der Waals surface area (Å²) in [6.45, 7) is 5.45. The Hall–Kier alpha value is -1.13. The highest BCUT2D eigenvalue weighted by molar-refractivity contribution is 5.41. The monoisotopic (exact) mass is 238 g/mol. The first kappa shape index (κ1) is 13.9. The van der Waals surface area contributed by atoms with Gasteiger partial charge in [-0.3, -0.25) is 0 Å². The minimum atomic E-state index is -0.487. The molecule has 0 saturated carbocycles. The van der Waals surface area contributed by atoms with Crippen LogP contribution in [0.4, 0.5) is 5.82 Å². The predicted octanol–water partition coefficient (Wildman–Crippen LogP) is 1.73. The van der Waals surface area contributed by atoms with Gasteiger partial charge in [-0.15, -0.1) is 0 Å². The molecule has 0 saturated heterocycles. The van der Waals surface area contributed by atoms with Gasteiger partial charge in [-0.1, -0.05) is 13.3 Å². The number of aliphatic hydroxyl groups is 2. The number of aliphatic hydroxyl groups excluding tert-OH is 2. The zero-order valence-electron chi connectivity index (χ0n) is 10.6. The van der Waals surface area contributed by atoms with Crippen LogP contribution in [0.5, 0.6) is 0 Å². The molecule has 1 heterocycles. The van der Waals surface area contributed by atoms with Gasteiger partial charge in [0.15, 0.2) is 0 Å². The Morgan fingerprint density at radius 3 is 2.76 bits per heavy atom. The predicted molar refractivity (Wildman–Crippen MR) is 69.1 cm³/mol. The molecule has 4 heteroatoms. The van der Waals surface area contributed by atoms with E-state index in [1.807, 2.05) is 12.1 Å². The SMILES string of the molecule is CCCCN(CCO)c1cc([C@@H](C)O)ccn1. The van der Waals surface area contributed by atoms with Gasteiger partial charge < -0.3 is 15.1 Å². The Balaban J connectivity index is 2.81. The quantitative estimate of drug-likeness (QED) is 0.759. The third-order valence-corrected chi connectivity index (χ3v) is 2.73. The van der Waals surface area contributed by atoms with E-state index in [4.69, 9.17) is 5.11 Å². The first-order chi connectivity index (χ1) is 8.19. The molecule has 4 nitrogen and oxygen atoms in total. The molecule has 1 atom stereocenters. The molecule has 0 unspecified atom stereocenters. The molecule has 0 fully saturated rings. The summed E-state index contributed by atoms with van der Waals surface area (Å²) in [6, 6.07) is 3.70. The van der Waals surface area contributed by atoms with Crippen molar-refractivity contribution in [1.82, 2.24) is 4.98 Å². The van der Waals surface area contributed by atoms with Crippen molar-refractivity contribution in [3.8, 4) is 0 Å². The van der Waals surface area contributed by atoms with Crippen molar-refractivity contribution in [3.05, 3.63) is 23.9 Å². The van der Waals surface area contributed by atoms with Crippen LogP contribution in [0.15, 0.2) is 18.3 Å². The molecular weight excluding hydrogens is 216 g/mol. The maximum atomic E-state index is 9.54. The summed E-state index contributed by atoms with van der Waals surface area (Å²) in [4.78, 5) is 6.35. The summed E-state index contributed by atoms with van der Waals surface area (Å²) in [6.07, 6.45) is 3.39. The molecule has 17 heavy (non-hydrogen) atoms. The highest BCUT2D eigenvalue weighted by atomic mass is 16.3. The second kappa shape index (κ2) is 7.25. The molecule has 0 aliphatic carbocycles. The fraction of sp³-hybridized carbons (Fsp3) is 0.615. The van der Waals surface area contributed by atoms with Gasteiger partial charge in [-0.05, 0) is 31.0 Å². The van der Waals surface area contributed by atoms with Crippen LogP contribution in [0.25, 0.3) is 0 Å². The number of nitrogens with zero attached hydrogens (tertiary/aromatic N) is 2. The molecule has 0 amide bonds. The molecule has 0 aromatic carbocycles. The lowest BCUT2D eigenvalue weighted by Crippen LogP contribution is -2.28. The van der Waals surface area contributed by atoms with Gasteiger partial charge in [0, 0.05) is 19.3 Å². The fourth-order valence-electron chi connectivity index (χ4n) is 1.68. The van der Waals surface area contributed by atoms with Gasteiger partial charge in [-0.25, -0.2) is 4.98 Å². The van der Waals surface area contributed by atoms with Crippen molar-refractivity contribution in [2.24, 2.45) is 0 Å². The number of rotatable bonds is 7. The molecule has 0 aliphatic heterocycles. The Bertz CT molecular complexity index is 329. The first-order valence-electron chi connectivity index (χ1n) is 6.18. The largest absolute Gasteiger partial charge is 0.395 e. The average Bonchev–Trinajstić information content (AvgIpc) is 2.34. The van der Waals surface area contributed by atoms with Gasteiger partial charge in [0.25, 0.3) is 0 Å². The van der Waals surface area contributed by atoms with E-state index in [2.05, 4.69) is 16.8 Å². The lowest BCUT2D eigenvalue weighted by Gasteiger charge is -2.23. The summed E-state index contributed by atoms with van der Waals surface area (Å²) in [5.41, 5.74) is 0.856. The molecular formula is C13H22N2O2. The number of unbranched alkanes of at least 4 members (excludes halogenated alkanes) is 1. The van der Waals surface area contributed by atoms with Crippen molar-refractivity contribution < 1.29 is 10.2 Å². The molecule has 0 spiro atoms. The van der Waals surface area contributed by atoms with Gasteiger partial charge in [0.05, 0.1) is 12.7 Å². The third-order valence-electron chi connectivity index (χ3n) is 2.73. The second-order valence-electron chi connectivity index (χ2n) is 4.19. The number of anilines is 1. The van der Waals surface area contributed by atoms with Crippen LogP contribution in [0, 0.1) is 0 Å². The van der Waals surface area contributed by atoms with E-state index < -0.39 is 6.10 Å². The molecule has 1 aromatic heterocycles. The molecule has 0 bridgehead atoms. The normalized spacial score (nSPS) is 12.5. The zero-order valence-corrected chi connectivity index (χ0v) is 10.6. The Kier molecular flexibility index (Phi) is 5.94. The van der Waals surface area contributed by atoms with Crippen LogP contribution < -0.4 is 4.90 Å². The number of hydrogen-bond donors (Lipinski definition) is 2. The maximum Gasteiger partial charge on any atom is 0.128 e. The van der Waals surface area contributed by atoms with E-state index in [1.54, 1.807) is 13.1 Å². The molecule has 1 aromatic rings. The van der Waals surface area contributed by atoms with Gasteiger partial charge >= 0.3 is 0 Å². The van der Waals surface area contributed by atoms with E-state index in [0.717, 1.165) is 30.8 Å². The third kappa shape index (κ3) is 4.32. The Morgan fingerprint density at radius 2 is 2.18 bits per heavy atom. The minimum absolute atomic E-state index is 0.115. The van der Waals surface area contributed by atoms with Crippen LogP contribution >= 0.6 is 0 Å². The van der Waals surface area contributed by atoms with Crippen molar-refractivity contribution in [2.75, 3.05) is 24.6 Å². The van der Waals surface area contributed by atoms with Crippen LogP contribution in [0.1, 0.15) is 38.4 Å². The zero-order chi connectivity index (χ0) is 12.7. The molecule has 0 aliphatic rings. The summed E-state index contributed by atoms with van der Waals surface area (Å²) in [7, 11) is 0. The van der Waals surface area contributed by atoms with E-state index in [9.17, 15) is 5.11 Å². The highest BCUT2D eigenvalue weighted by Gasteiger charge is 2.09. The number of hydrogen-bond acceptors (Lipinski definition) is 4. The molecule has 2 N–H and O–H groups in total. The van der Waals surface area contributed by atoms with Crippen molar-refractivity contribution in [3.63, 3.8) is 0 Å². The lowest BCUT2D eigenvalue weighted by molar-refractivity contribution is 0.199. The van der Waals surface area contributed by atoms with E-state index in [-0.39, 0.29) is 6.61 Å². The van der Waals surface area contributed by atoms with E-state index in [0.29, 0.717) is 6.54 Å². The highest BCUT2D eigenvalue weighted by Crippen LogP contribution is 2.18. The average molecular weight is 238 g/mol. The standard InChI is InChI=1S/C13H22N2O2/c1-3-4-7-15(8-9-16)13-10-12(11(2)17)5-6-14-13/h5-6,10-11,16-17H,3-4,7-9H2,1-2H3/t11-/m1/s1. The summed E-state index contributed by atoms with van der Waals surface area (Å²) in [5.74, 6) is 0.825. The Morgan fingerprint density at radius 1 is 1.41 bits per heavy atom. The molecule has 96 valence electrons. The van der Waals surface area contributed by atoms with Crippen molar-refractivity contribution in [2.45, 2.75) is 32.8 Å². The summed E-state index contributed by atoms with van der Waals surface area (Å²) < 4.78 is 0. The Labute approximate surface area is 103 Å². The van der Waals surface area contributed by atoms with Gasteiger partial charge in [0.1, 0.15) is 5.82 Å². The van der Waals surface area contributed by atoms with E-state index >= 15 is 0 Å². The number of pyridine rings is 1. The molecule has 0 radical (unpaired) electrons. The maximum absolute atomic E-state index is 9.54. The van der Waals surface area contributed by atoms with Crippen molar-refractivity contribution >= 4 is 5.82 Å². The van der Waals surface area contributed by atoms with Crippen LogP contribution in [0.3, 0.4) is 0 Å². The smallest absolute Gasteiger partial charge is 0.128 e. The topological polar surface area (TPSA) is 56.6 Å².